The molecule has 2 aromatic carbocycles. The van der Waals surface area contributed by atoms with Gasteiger partial charge in [0.15, 0.2) is 0 Å². The number of nitrogens with zero attached hydrogens (tertiary/aromatic N) is 1. The quantitative estimate of drug-likeness (QED) is 0.740. The summed E-state index contributed by atoms with van der Waals surface area (Å²) in [5.74, 6) is 1.54. The summed E-state index contributed by atoms with van der Waals surface area (Å²) >= 11 is 0. The van der Waals surface area contributed by atoms with E-state index < -0.39 is 0 Å². The molecule has 0 unspecified atom stereocenters. The van der Waals surface area contributed by atoms with Crippen LogP contribution in [0.1, 0.15) is 35.3 Å². The summed E-state index contributed by atoms with van der Waals surface area (Å²) in [6.07, 6.45) is 2.67. The molecule has 0 fully saturated rings. The van der Waals surface area contributed by atoms with Gasteiger partial charge in [-0.2, -0.15) is 0 Å². The number of rotatable bonds is 5. The molecule has 1 aromatic heterocycles. The zero-order valence-electron chi connectivity index (χ0n) is 14.8. The number of H-pyrrole nitrogens is 1. The fourth-order valence-electron chi connectivity index (χ4n) is 3.26. The lowest BCUT2D eigenvalue weighted by atomic mass is 10.1. The van der Waals surface area contributed by atoms with Crippen LogP contribution in [0.5, 0.6) is 11.5 Å². The number of benzene rings is 2. The molecule has 6 heteroatoms. The van der Waals surface area contributed by atoms with Gasteiger partial charge in [0.1, 0.15) is 17.6 Å². The Labute approximate surface area is 151 Å². The van der Waals surface area contributed by atoms with Gasteiger partial charge < -0.3 is 19.8 Å². The molecule has 0 spiro atoms. The van der Waals surface area contributed by atoms with Crippen molar-refractivity contribution in [3.8, 4) is 11.5 Å². The molecule has 4 rings (SSSR count). The second kappa shape index (κ2) is 6.71. The van der Waals surface area contributed by atoms with E-state index in [1.165, 1.54) is 0 Å². The number of ether oxygens (including phenoxy) is 2. The highest BCUT2D eigenvalue weighted by molar-refractivity contribution is 5.97. The summed E-state index contributed by atoms with van der Waals surface area (Å²) in [5.41, 5.74) is 4.33. The fourth-order valence-corrected chi connectivity index (χ4v) is 3.26. The van der Waals surface area contributed by atoms with Gasteiger partial charge in [-0.25, -0.2) is 4.98 Å². The van der Waals surface area contributed by atoms with Crippen LogP contribution in [-0.2, 0) is 13.0 Å². The van der Waals surface area contributed by atoms with Crippen LogP contribution in [0.4, 0.5) is 0 Å². The molecule has 6 nitrogen and oxygen atoms in total. The summed E-state index contributed by atoms with van der Waals surface area (Å²) in [6, 6.07) is 9.41. The van der Waals surface area contributed by atoms with Crippen LogP contribution < -0.4 is 14.8 Å². The number of hydrogen-bond donors (Lipinski definition) is 2. The lowest BCUT2D eigenvalue weighted by molar-refractivity contribution is 0.0950. The molecule has 26 heavy (non-hydrogen) atoms. The topological polar surface area (TPSA) is 76.2 Å². The molecule has 0 bridgehead atoms. The van der Waals surface area contributed by atoms with E-state index in [1.807, 2.05) is 32.0 Å². The predicted octanol–water partition coefficient (Wildman–Crippen LogP) is 3.22. The molecule has 2 N–H and O–H groups in total. The van der Waals surface area contributed by atoms with Gasteiger partial charge >= 0.3 is 0 Å². The van der Waals surface area contributed by atoms with Gasteiger partial charge in [-0.15, -0.1) is 0 Å². The van der Waals surface area contributed by atoms with Crippen LogP contribution in [0, 0.1) is 0 Å². The average molecular weight is 351 g/mol. The first-order valence-electron chi connectivity index (χ1n) is 8.80. The second-order valence-corrected chi connectivity index (χ2v) is 6.45. The van der Waals surface area contributed by atoms with Crippen molar-refractivity contribution in [2.24, 2.45) is 0 Å². The maximum absolute atomic E-state index is 12.5. The van der Waals surface area contributed by atoms with Crippen LogP contribution in [0.2, 0.25) is 0 Å². The van der Waals surface area contributed by atoms with E-state index in [0.717, 1.165) is 40.1 Å². The van der Waals surface area contributed by atoms with Crippen molar-refractivity contribution in [3.63, 3.8) is 0 Å². The Kier molecular flexibility index (Phi) is 4.24. The van der Waals surface area contributed by atoms with Gasteiger partial charge in [-0.3, -0.25) is 4.79 Å². The van der Waals surface area contributed by atoms with Crippen LogP contribution in [0.15, 0.2) is 36.7 Å². The summed E-state index contributed by atoms with van der Waals surface area (Å²) in [5, 5.41) is 2.96. The minimum Gasteiger partial charge on any atom is -0.494 e. The number of nitrogens with one attached hydrogen (secondary N) is 2. The normalized spacial score (nSPS) is 15.5. The lowest BCUT2D eigenvalue weighted by Gasteiger charge is -2.13. The SMILES string of the molecule is CCOc1cc2c(cc1CNC(=O)c1ccc3nc[nH]c3c1)O[C@@H](C)C2. The van der Waals surface area contributed by atoms with Crippen molar-refractivity contribution in [2.75, 3.05) is 6.61 Å². The fraction of sp³-hybridized carbons (Fsp3) is 0.300. The Bertz CT molecular complexity index is 964. The Morgan fingerprint density at radius 2 is 2.27 bits per heavy atom. The van der Waals surface area contributed by atoms with E-state index in [9.17, 15) is 4.79 Å². The molecule has 0 radical (unpaired) electrons. The molecule has 134 valence electrons. The van der Waals surface area contributed by atoms with E-state index in [4.69, 9.17) is 9.47 Å². The van der Waals surface area contributed by atoms with Gasteiger partial charge in [0.2, 0.25) is 0 Å². The first kappa shape index (κ1) is 16.4. The molecule has 1 aliphatic rings. The van der Waals surface area contributed by atoms with Crippen LogP contribution in [-0.4, -0.2) is 28.6 Å². The molecule has 1 atom stereocenters. The highest BCUT2D eigenvalue weighted by Crippen LogP contribution is 2.35. The number of fused-ring (bicyclic) bond motifs is 2. The molecular formula is C20H21N3O3. The summed E-state index contributed by atoms with van der Waals surface area (Å²) < 4.78 is 11.6. The molecule has 0 aliphatic carbocycles. The highest BCUT2D eigenvalue weighted by Gasteiger charge is 2.22. The Morgan fingerprint density at radius 3 is 3.12 bits per heavy atom. The van der Waals surface area contributed by atoms with Gasteiger partial charge in [-0.1, -0.05) is 0 Å². The summed E-state index contributed by atoms with van der Waals surface area (Å²) in [7, 11) is 0. The third-order valence-corrected chi connectivity index (χ3v) is 4.50. The first-order chi connectivity index (χ1) is 12.6. The maximum atomic E-state index is 12.5. The van der Waals surface area contributed by atoms with E-state index >= 15 is 0 Å². The highest BCUT2D eigenvalue weighted by atomic mass is 16.5. The van der Waals surface area contributed by atoms with Gasteiger partial charge in [0.25, 0.3) is 5.91 Å². The molecular weight excluding hydrogens is 330 g/mol. The number of aromatic nitrogens is 2. The van der Waals surface area contributed by atoms with Gasteiger partial charge in [0, 0.05) is 29.7 Å². The number of aromatic amines is 1. The largest absolute Gasteiger partial charge is 0.494 e. The van der Waals surface area contributed by atoms with E-state index in [1.54, 1.807) is 18.5 Å². The standard InChI is InChI=1S/C20H21N3O3/c1-3-25-18-8-14-6-12(2)26-19(14)9-15(18)10-21-20(24)13-4-5-16-17(7-13)23-11-22-16/h4-5,7-9,11-12H,3,6,10H2,1-2H3,(H,21,24)(H,22,23)/t12-/m0/s1. The Hall–Kier alpha value is -3.02. The van der Waals surface area contributed by atoms with E-state index in [0.29, 0.717) is 18.7 Å². The third kappa shape index (κ3) is 3.10. The zero-order valence-corrected chi connectivity index (χ0v) is 14.8. The maximum Gasteiger partial charge on any atom is 0.251 e. The first-order valence-corrected chi connectivity index (χ1v) is 8.80. The Balaban J connectivity index is 1.53. The number of hydrogen-bond acceptors (Lipinski definition) is 4. The zero-order chi connectivity index (χ0) is 18.1. The van der Waals surface area contributed by atoms with Crippen molar-refractivity contribution >= 4 is 16.9 Å². The predicted molar refractivity (Wildman–Crippen MR) is 98.7 cm³/mol. The summed E-state index contributed by atoms with van der Waals surface area (Å²) in [6.45, 7) is 4.95. The third-order valence-electron chi connectivity index (χ3n) is 4.50. The van der Waals surface area contributed by atoms with E-state index in [-0.39, 0.29) is 12.0 Å². The minimum absolute atomic E-state index is 0.140. The van der Waals surface area contributed by atoms with Crippen molar-refractivity contribution in [1.29, 1.82) is 0 Å². The van der Waals surface area contributed by atoms with Crippen molar-refractivity contribution in [2.45, 2.75) is 32.9 Å². The average Bonchev–Trinajstić information content (AvgIpc) is 3.23. The smallest absolute Gasteiger partial charge is 0.251 e. The molecule has 1 aliphatic heterocycles. The molecule has 3 aromatic rings. The van der Waals surface area contributed by atoms with Crippen molar-refractivity contribution in [1.82, 2.24) is 15.3 Å². The van der Waals surface area contributed by atoms with Crippen LogP contribution in [0.3, 0.4) is 0 Å². The Morgan fingerprint density at radius 1 is 1.38 bits per heavy atom. The number of imidazole rings is 1. The van der Waals surface area contributed by atoms with E-state index in [2.05, 4.69) is 15.3 Å². The summed E-state index contributed by atoms with van der Waals surface area (Å²) in [4.78, 5) is 19.7. The molecule has 0 saturated heterocycles. The lowest BCUT2D eigenvalue weighted by Crippen LogP contribution is -2.23. The minimum atomic E-state index is -0.140. The number of carbonyl (C=O) groups is 1. The molecule has 0 saturated carbocycles. The van der Waals surface area contributed by atoms with Crippen molar-refractivity contribution in [3.05, 3.63) is 53.3 Å². The van der Waals surface area contributed by atoms with Crippen LogP contribution in [0.25, 0.3) is 11.0 Å². The number of carbonyl (C=O) groups excluding carboxylic acids is 1. The monoisotopic (exact) mass is 351 g/mol. The van der Waals surface area contributed by atoms with Gasteiger partial charge in [0.05, 0.1) is 24.0 Å². The second-order valence-electron chi connectivity index (χ2n) is 6.45. The molecule has 1 amide bonds. The van der Waals surface area contributed by atoms with Crippen molar-refractivity contribution < 1.29 is 14.3 Å². The molecule has 2 heterocycles. The number of amides is 1. The van der Waals surface area contributed by atoms with Crippen LogP contribution >= 0.6 is 0 Å². The van der Waals surface area contributed by atoms with Gasteiger partial charge in [-0.05, 0) is 44.2 Å².